The summed E-state index contributed by atoms with van der Waals surface area (Å²) in [7, 11) is 0. The highest BCUT2D eigenvalue weighted by atomic mass is 32.1. The molecule has 1 atom stereocenters. The molecule has 0 aliphatic rings. The van der Waals surface area contributed by atoms with Crippen molar-refractivity contribution in [2.75, 3.05) is 10.6 Å². The molecule has 0 aliphatic heterocycles. The Morgan fingerprint density at radius 1 is 1.14 bits per heavy atom. The molecule has 1 heterocycles. The third-order valence-corrected chi connectivity index (χ3v) is 5.29. The standard InChI is InChI=1S/C20H19FN4O2S/c1-2-15(19(23)27)25(14-10-8-13(21)9-11-14)20-24-18(22)17(28-20)16(26)12-6-4-3-5-7-12/h3-11,15H,2,22H2,1H3,(H2,23,27). The number of ketones is 1. The minimum absolute atomic E-state index is 0.0697. The van der Waals surface area contributed by atoms with Gasteiger partial charge in [0.25, 0.3) is 0 Å². The van der Waals surface area contributed by atoms with Crippen LogP contribution < -0.4 is 16.4 Å². The molecule has 1 amide bonds. The number of hydrogen-bond donors (Lipinski definition) is 2. The number of nitrogens with two attached hydrogens (primary N) is 2. The second-order valence-corrected chi connectivity index (χ2v) is 7.06. The number of carbonyl (C=O) groups excluding carboxylic acids is 2. The Hall–Kier alpha value is -3.26. The molecule has 0 fully saturated rings. The first-order valence-corrected chi connectivity index (χ1v) is 9.44. The average Bonchev–Trinajstić information content (AvgIpc) is 3.07. The van der Waals surface area contributed by atoms with Crippen molar-refractivity contribution in [1.29, 1.82) is 0 Å². The third-order valence-electron chi connectivity index (χ3n) is 4.22. The van der Waals surface area contributed by atoms with Gasteiger partial charge in [-0.25, -0.2) is 9.37 Å². The zero-order valence-electron chi connectivity index (χ0n) is 15.1. The number of hydrogen-bond acceptors (Lipinski definition) is 6. The Bertz CT molecular complexity index is 989. The van der Waals surface area contributed by atoms with E-state index in [0.29, 0.717) is 22.8 Å². The quantitative estimate of drug-likeness (QED) is 0.593. The Morgan fingerprint density at radius 2 is 1.79 bits per heavy atom. The van der Waals surface area contributed by atoms with E-state index in [1.165, 1.54) is 24.3 Å². The van der Waals surface area contributed by atoms with Gasteiger partial charge in [0.1, 0.15) is 22.6 Å². The molecule has 3 aromatic rings. The number of rotatable bonds is 7. The maximum Gasteiger partial charge on any atom is 0.240 e. The molecule has 2 aromatic carbocycles. The van der Waals surface area contributed by atoms with Crippen LogP contribution in [0.15, 0.2) is 54.6 Å². The lowest BCUT2D eigenvalue weighted by Gasteiger charge is -2.28. The summed E-state index contributed by atoms with van der Waals surface area (Å²) in [5.74, 6) is -1.15. The molecule has 0 radical (unpaired) electrons. The van der Waals surface area contributed by atoms with Crippen LogP contribution in [0.5, 0.6) is 0 Å². The second kappa shape index (κ2) is 8.18. The lowest BCUT2D eigenvalue weighted by Crippen LogP contribution is -2.41. The van der Waals surface area contributed by atoms with Gasteiger partial charge < -0.3 is 16.4 Å². The number of benzene rings is 2. The van der Waals surface area contributed by atoms with E-state index in [-0.39, 0.29) is 16.5 Å². The van der Waals surface area contributed by atoms with Crippen LogP contribution in [0.4, 0.5) is 21.0 Å². The highest BCUT2D eigenvalue weighted by Crippen LogP contribution is 2.36. The first-order valence-electron chi connectivity index (χ1n) is 8.62. The number of nitrogens with zero attached hydrogens (tertiary/aromatic N) is 2. The minimum atomic E-state index is -0.726. The number of amides is 1. The molecule has 1 unspecified atom stereocenters. The predicted molar refractivity (Wildman–Crippen MR) is 108 cm³/mol. The predicted octanol–water partition coefficient (Wildman–Crippen LogP) is 3.50. The van der Waals surface area contributed by atoms with Crippen molar-refractivity contribution in [2.45, 2.75) is 19.4 Å². The summed E-state index contributed by atoms with van der Waals surface area (Å²) >= 11 is 1.07. The van der Waals surface area contributed by atoms with Crippen LogP contribution in [0.3, 0.4) is 0 Å². The molecule has 0 bridgehead atoms. The number of primary amides is 1. The summed E-state index contributed by atoms with van der Waals surface area (Å²) in [5, 5.41) is 0.342. The van der Waals surface area contributed by atoms with Crippen molar-refractivity contribution in [1.82, 2.24) is 4.98 Å². The fourth-order valence-electron chi connectivity index (χ4n) is 2.84. The summed E-state index contributed by atoms with van der Waals surface area (Å²) in [5.41, 5.74) is 12.6. The highest BCUT2D eigenvalue weighted by Gasteiger charge is 2.29. The van der Waals surface area contributed by atoms with Gasteiger partial charge >= 0.3 is 0 Å². The van der Waals surface area contributed by atoms with E-state index in [9.17, 15) is 14.0 Å². The van der Waals surface area contributed by atoms with Crippen molar-refractivity contribution in [3.63, 3.8) is 0 Å². The maximum atomic E-state index is 13.4. The van der Waals surface area contributed by atoms with Gasteiger partial charge in [0, 0.05) is 11.3 Å². The Balaban J connectivity index is 2.07. The lowest BCUT2D eigenvalue weighted by molar-refractivity contribution is -0.119. The van der Waals surface area contributed by atoms with Crippen LogP contribution in [0.2, 0.25) is 0 Å². The molecular weight excluding hydrogens is 379 g/mol. The molecule has 28 heavy (non-hydrogen) atoms. The smallest absolute Gasteiger partial charge is 0.240 e. The molecule has 8 heteroatoms. The van der Waals surface area contributed by atoms with Gasteiger partial charge in [-0.05, 0) is 30.7 Å². The van der Waals surface area contributed by atoms with E-state index in [0.717, 1.165) is 11.3 Å². The maximum absolute atomic E-state index is 13.4. The number of thiazole rings is 1. The summed E-state index contributed by atoms with van der Waals surface area (Å²) in [6.45, 7) is 1.80. The van der Waals surface area contributed by atoms with Crippen LogP contribution in [0, 0.1) is 5.82 Å². The molecule has 1 aromatic heterocycles. The van der Waals surface area contributed by atoms with Gasteiger partial charge in [-0.2, -0.15) is 0 Å². The average molecular weight is 398 g/mol. The van der Waals surface area contributed by atoms with Crippen molar-refractivity contribution >= 4 is 39.7 Å². The van der Waals surface area contributed by atoms with E-state index >= 15 is 0 Å². The van der Waals surface area contributed by atoms with E-state index in [1.54, 1.807) is 36.1 Å². The number of carbonyl (C=O) groups is 2. The normalized spacial score (nSPS) is 11.8. The molecule has 144 valence electrons. The largest absolute Gasteiger partial charge is 0.382 e. The van der Waals surface area contributed by atoms with Gasteiger partial charge in [-0.3, -0.25) is 9.59 Å². The minimum Gasteiger partial charge on any atom is -0.382 e. The fraction of sp³-hybridized carbons (Fsp3) is 0.150. The Labute approximate surface area is 165 Å². The Morgan fingerprint density at radius 3 is 2.36 bits per heavy atom. The first kappa shape index (κ1) is 19.5. The van der Waals surface area contributed by atoms with Crippen LogP contribution in [0.25, 0.3) is 0 Å². The molecule has 4 N–H and O–H groups in total. The summed E-state index contributed by atoms with van der Waals surface area (Å²) in [4.78, 5) is 31.0. The summed E-state index contributed by atoms with van der Waals surface area (Å²) < 4.78 is 13.4. The molecule has 6 nitrogen and oxygen atoms in total. The second-order valence-electron chi connectivity index (χ2n) is 6.08. The monoisotopic (exact) mass is 398 g/mol. The van der Waals surface area contributed by atoms with Crippen molar-refractivity contribution in [3.8, 4) is 0 Å². The van der Waals surface area contributed by atoms with E-state index < -0.39 is 17.8 Å². The van der Waals surface area contributed by atoms with Gasteiger partial charge in [0.05, 0.1) is 0 Å². The molecule has 0 spiro atoms. The van der Waals surface area contributed by atoms with Crippen molar-refractivity contribution < 1.29 is 14.0 Å². The third kappa shape index (κ3) is 3.86. The van der Waals surface area contributed by atoms with Crippen LogP contribution in [0.1, 0.15) is 28.6 Å². The number of anilines is 3. The zero-order chi connectivity index (χ0) is 20.3. The molecule has 0 saturated heterocycles. The lowest BCUT2D eigenvalue weighted by atomic mass is 10.1. The topological polar surface area (TPSA) is 102 Å². The fourth-order valence-corrected chi connectivity index (χ4v) is 3.86. The number of halogens is 1. The number of nitrogen functional groups attached to an aromatic ring is 1. The molecule has 0 saturated carbocycles. The van der Waals surface area contributed by atoms with Crippen LogP contribution >= 0.6 is 11.3 Å². The SMILES string of the molecule is CCC(C(N)=O)N(c1ccc(F)cc1)c1nc(N)c(C(=O)c2ccccc2)s1. The van der Waals surface area contributed by atoms with Crippen LogP contribution in [-0.2, 0) is 4.79 Å². The molecule has 0 aliphatic carbocycles. The van der Waals surface area contributed by atoms with Crippen molar-refractivity contribution in [3.05, 3.63) is 70.9 Å². The van der Waals surface area contributed by atoms with Crippen molar-refractivity contribution in [2.24, 2.45) is 5.73 Å². The number of aromatic nitrogens is 1. The van der Waals surface area contributed by atoms with Gasteiger partial charge in [-0.15, -0.1) is 0 Å². The Kier molecular flexibility index (Phi) is 5.70. The highest BCUT2D eigenvalue weighted by molar-refractivity contribution is 7.18. The van der Waals surface area contributed by atoms with Gasteiger partial charge in [0.15, 0.2) is 5.13 Å². The van der Waals surface area contributed by atoms with E-state index in [4.69, 9.17) is 11.5 Å². The zero-order valence-corrected chi connectivity index (χ0v) is 15.9. The van der Waals surface area contributed by atoms with Gasteiger partial charge in [0.2, 0.25) is 11.7 Å². The van der Waals surface area contributed by atoms with E-state index in [1.807, 2.05) is 6.07 Å². The van der Waals surface area contributed by atoms with Crippen LogP contribution in [-0.4, -0.2) is 22.7 Å². The van der Waals surface area contributed by atoms with Gasteiger partial charge in [-0.1, -0.05) is 48.6 Å². The molecular formula is C20H19FN4O2S. The summed E-state index contributed by atoms with van der Waals surface area (Å²) in [6.07, 6.45) is 0.397. The summed E-state index contributed by atoms with van der Waals surface area (Å²) in [6, 6.07) is 13.6. The van der Waals surface area contributed by atoms with E-state index in [2.05, 4.69) is 4.98 Å². The first-order chi connectivity index (χ1) is 13.4. The molecule has 3 rings (SSSR count).